The Morgan fingerprint density at radius 1 is 1.26 bits per heavy atom. The zero-order valence-electron chi connectivity index (χ0n) is 13.8. The van der Waals surface area contributed by atoms with Gasteiger partial charge in [0.15, 0.2) is 0 Å². The number of hydrogen-bond donors (Lipinski definition) is 1. The lowest BCUT2D eigenvalue weighted by molar-refractivity contribution is -0.138. The number of hydrogen-bond acceptors (Lipinski definition) is 3. The van der Waals surface area contributed by atoms with Crippen molar-refractivity contribution in [3.8, 4) is 0 Å². The van der Waals surface area contributed by atoms with Gasteiger partial charge in [0.2, 0.25) is 5.91 Å². The van der Waals surface area contributed by atoms with Gasteiger partial charge in [-0.15, -0.1) is 11.6 Å². The highest BCUT2D eigenvalue weighted by Crippen LogP contribution is 2.64. The van der Waals surface area contributed by atoms with Gasteiger partial charge in [-0.05, 0) is 62.5 Å². The Hall–Kier alpha value is -1.29. The monoisotopic (exact) mass is 333 g/mol. The number of carbonyl (C=O) groups is 1. The number of carbonyl (C=O) groups excluding carboxylic acids is 1. The highest BCUT2D eigenvalue weighted by molar-refractivity contribution is 6.24. The van der Waals surface area contributed by atoms with Gasteiger partial charge in [0.1, 0.15) is 5.82 Å². The van der Waals surface area contributed by atoms with Crippen molar-refractivity contribution in [2.75, 3.05) is 24.3 Å². The molecule has 1 aromatic heterocycles. The third-order valence-corrected chi connectivity index (χ3v) is 6.42. The maximum Gasteiger partial charge on any atom is 0.231 e. The quantitative estimate of drug-likeness (QED) is 0.858. The van der Waals surface area contributed by atoms with Crippen molar-refractivity contribution in [2.45, 2.75) is 43.4 Å². The van der Waals surface area contributed by atoms with Gasteiger partial charge < -0.3 is 10.2 Å². The summed E-state index contributed by atoms with van der Waals surface area (Å²) in [6.45, 7) is 0. The largest absolute Gasteiger partial charge is 0.376 e. The van der Waals surface area contributed by atoms with Gasteiger partial charge >= 0.3 is 0 Å². The van der Waals surface area contributed by atoms with E-state index in [9.17, 15) is 4.79 Å². The fraction of sp³-hybridized carbons (Fsp3) is 0.667. The molecule has 1 heterocycles. The lowest BCUT2D eigenvalue weighted by Crippen LogP contribution is -2.57. The molecule has 0 radical (unpaired) electrons. The van der Waals surface area contributed by atoms with Crippen molar-refractivity contribution in [3.63, 3.8) is 0 Å². The number of amides is 1. The average molecular weight is 334 g/mol. The Bertz CT molecular complexity index is 614. The lowest BCUT2D eigenvalue weighted by Gasteiger charge is -2.59. The highest BCUT2D eigenvalue weighted by Gasteiger charge is 2.60. The molecule has 0 spiro atoms. The SMILES string of the molecule is CN(C)c1ccc(NC(=O)C23C[C@H]4C[C@@H](CC(Cl)(C4)C2)C3)nc1. The topological polar surface area (TPSA) is 45.2 Å². The van der Waals surface area contributed by atoms with Crippen LogP contribution in [0.25, 0.3) is 0 Å². The van der Waals surface area contributed by atoms with E-state index >= 15 is 0 Å². The predicted molar refractivity (Wildman–Crippen MR) is 92.9 cm³/mol. The van der Waals surface area contributed by atoms with Crippen molar-refractivity contribution < 1.29 is 4.79 Å². The smallest absolute Gasteiger partial charge is 0.231 e. The number of nitrogens with one attached hydrogen (secondary N) is 1. The molecule has 0 saturated heterocycles. The van der Waals surface area contributed by atoms with E-state index in [1.165, 1.54) is 6.42 Å². The van der Waals surface area contributed by atoms with Gasteiger partial charge in [-0.1, -0.05) is 0 Å². The molecule has 2 atom stereocenters. The summed E-state index contributed by atoms with van der Waals surface area (Å²) in [7, 11) is 3.95. The molecule has 4 nitrogen and oxygen atoms in total. The standard InChI is InChI=1S/C18H24ClN3O/c1-22(2)14-3-4-15(20-10-14)21-16(23)17-6-12-5-13(7-17)9-18(19,8-12)11-17/h3-4,10,12-13H,5-9,11H2,1-2H3,(H,20,21,23)/t12-,13-,17?,18?/m1/s1. The van der Waals surface area contributed by atoms with Crippen LogP contribution >= 0.6 is 11.6 Å². The van der Waals surface area contributed by atoms with Crippen molar-refractivity contribution in [1.82, 2.24) is 4.98 Å². The van der Waals surface area contributed by atoms with Crippen LogP contribution < -0.4 is 10.2 Å². The first-order valence-corrected chi connectivity index (χ1v) is 8.89. The summed E-state index contributed by atoms with van der Waals surface area (Å²) in [6, 6.07) is 3.86. The Morgan fingerprint density at radius 3 is 2.48 bits per heavy atom. The molecule has 4 aliphatic rings. The summed E-state index contributed by atoms with van der Waals surface area (Å²) < 4.78 is 0. The Kier molecular flexibility index (Phi) is 3.38. The minimum absolute atomic E-state index is 0.127. The Labute approximate surface area is 142 Å². The van der Waals surface area contributed by atoms with Gasteiger partial charge in [-0.25, -0.2) is 4.98 Å². The molecule has 0 aromatic carbocycles. The zero-order chi connectivity index (χ0) is 16.2. The molecule has 23 heavy (non-hydrogen) atoms. The van der Waals surface area contributed by atoms with Crippen LogP contribution in [0, 0.1) is 17.3 Å². The molecule has 4 aliphatic carbocycles. The number of anilines is 2. The molecule has 1 aromatic rings. The van der Waals surface area contributed by atoms with E-state index in [2.05, 4.69) is 10.3 Å². The zero-order valence-corrected chi connectivity index (χ0v) is 14.6. The van der Waals surface area contributed by atoms with Crippen molar-refractivity contribution in [1.29, 1.82) is 0 Å². The predicted octanol–water partition coefficient (Wildman–Crippen LogP) is 3.66. The van der Waals surface area contributed by atoms with Gasteiger partial charge in [0.05, 0.1) is 17.3 Å². The highest BCUT2D eigenvalue weighted by atomic mass is 35.5. The van der Waals surface area contributed by atoms with Crippen LogP contribution in [-0.4, -0.2) is 29.9 Å². The number of aromatic nitrogens is 1. The Morgan fingerprint density at radius 2 is 1.96 bits per heavy atom. The van der Waals surface area contributed by atoms with Crippen molar-refractivity contribution in [2.24, 2.45) is 17.3 Å². The van der Waals surface area contributed by atoms with Crippen LogP contribution in [0.2, 0.25) is 0 Å². The van der Waals surface area contributed by atoms with Crippen LogP contribution in [0.4, 0.5) is 11.5 Å². The molecule has 5 heteroatoms. The molecule has 4 bridgehead atoms. The molecular formula is C18H24ClN3O. The van der Waals surface area contributed by atoms with E-state index in [0.717, 1.165) is 37.8 Å². The van der Waals surface area contributed by atoms with E-state index in [1.54, 1.807) is 6.20 Å². The van der Waals surface area contributed by atoms with Gasteiger partial charge in [-0.3, -0.25) is 4.79 Å². The van der Waals surface area contributed by atoms with Crippen LogP contribution in [0.3, 0.4) is 0 Å². The van der Waals surface area contributed by atoms with E-state index in [4.69, 9.17) is 11.6 Å². The second-order valence-corrected chi connectivity index (χ2v) is 8.94. The van der Waals surface area contributed by atoms with E-state index < -0.39 is 0 Å². The number of nitrogens with zero attached hydrogens (tertiary/aromatic N) is 2. The summed E-state index contributed by atoms with van der Waals surface area (Å²) in [4.78, 5) is 19.2. The van der Waals surface area contributed by atoms with Gasteiger partial charge in [-0.2, -0.15) is 0 Å². The van der Waals surface area contributed by atoms with Gasteiger partial charge in [0, 0.05) is 19.0 Å². The second kappa shape index (κ2) is 5.10. The fourth-order valence-electron chi connectivity index (χ4n) is 5.39. The van der Waals surface area contributed by atoms with Crippen molar-refractivity contribution >= 4 is 29.0 Å². The van der Waals surface area contributed by atoms with Gasteiger partial charge in [0.25, 0.3) is 0 Å². The summed E-state index contributed by atoms with van der Waals surface area (Å²) in [5.41, 5.74) is 0.755. The minimum atomic E-state index is -0.270. The molecule has 1 N–H and O–H groups in total. The normalized spacial score (nSPS) is 37.7. The summed E-state index contributed by atoms with van der Waals surface area (Å²) >= 11 is 6.82. The second-order valence-electron chi connectivity index (χ2n) is 8.14. The molecule has 5 rings (SSSR count). The van der Waals surface area contributed by atoms with E-state index in [1.807, 2.05) is 31.1 Å². The first-order valence-electron chi connectivity index (χ1n) is 8.51. The molecule has 4 saturated carbocycles. The van der Waals surface area contributed by atoms with Crippen LogP contribution in [-0.2, 0) is 4.79 Å². The maximum absolute atomic E-state index is 13.0. The number of halogens is 1. The molecule has 124 valence electrons. The van der Waals surface area contributed by atoms with Crippen LogP contribution in [0.1, 0.15) is 38.5 Å². The average Bonchev–Trinajstić information content (AvgIpc) is 2.45. The van der Waals surface area contributed by atoms with Crippen LogP contribution in [0.15, 0.2) is 18.3 Å². The lowest BCUT2D eigenvalue weighted by atomic mass is 9.49. The maximum atomic E-state index is 13.0. The minimum Gasteiger partial charge on any atom is -0.376 e. The first kappa shape index (κ1) is 15.3. The van der Waals surface area contributed by atoms with Crippen molar-refractivity contribution in [3.05, 3.63) is 18.3 Å². The molecular weight excluding hydrogens is 310 g/mol. The number of rotatable bonds is 3. The molecule has 4 fully saturated rings. The summed E-state index contributed by atoms with van der Waals surface area (Å²) in [6.07, 6.45) is 8.07. The molecule has 0 aliphatic heterocycles. The van der Waals surface area contributed by atoms with E-state index in [0.29, 0.717) is 17.7 Å². The number of pyridine rings is 1. The fourth-order valence-corrected chi connectivity index (χ4v) is 6.08. The first-order chi connectivity index (χ1) is 10.9. The molecule has 0 unspecified atom stereocenters. The Balaban J connectivity index is 1.53. The summed E-state index contributed by atoms with van der Waals surface area (Å²) in [5, 5.41) is 3.06. The third-order valence-electron chi connectivity index (χ3n) is 5.98. The van der Waals surface area contributed by atoms with E-state index in [-0.39, 0.29) is 16.2 Å². The molecule has 1 amide bonds. The van der Waals surface area contributed by atoms with Crippen LogP contribution in [0.5, 0.6) is 0 Å². The third kappa shape index (κ3) is 2.61. The summed E-state index contributed by atoms with van der Waals surface area (Å²) in [5.74, 6) is 2.02. The number of alkyl halides is 1.